The van der Waals surface area contributed by atoms with Crippen molar-refractivity contribution in [2.45, 2.75) is 19.3 Å². The molecular formula is C19H22O3. The molecule has 2 aromatic rings. The van der Waals surface area contributed by atoms with Crippen LogP contribution in [0.3, 0.4) is 0 Å². The molecule has 0 spiro atoms. The van der Waals surface area contributed by atoms with E-state index in [1.54, 1.807) is 0 Å². The van der Waals surface area contributed by atoms with E-state index in [-0.39, 0.29) is 5.92 Å². The summed E-state index contributed by atoms with van der Waals surface area (Å²) in [5.41, 5.74) is 2.29. The van der Waals surface area contributed by atoms with Gasteiger partial charge in [-0.3, -0.25) is 4.79 Å². The van der Waals surface area contributed by atoms with Gasteiger partial charge in [0, 0.05) is 6.61 Å². The van der Waals surface area contributed by atoms with Gasteiger partial charge >= 0.3 is 5.97 Å². The van der Waals surface area contributed by atoms with Crippen molar-refractivity contribution in [1.29, 1.82) is 0 Å². The second-order valence-corrected chi connectivity index (χ2v) is 5.36. The Kier molecular flexibility index (Phi) is 6.65. The minimum atomic E-state index is -0.754. The van der Waals surface area contributed by atoms with Crippen LogP contribution in [0.2, 0.25) is 0 Å². The van der Waals surface area contributed by atoms with Crippen molar-refractivity contribution in [2.75, 3.05) is 13.2 Å². The third-order valence-corrected chi connectivity index (χ3v) is 3.66. The van der Waals surface area contributed by atoms with Gasteiger partial charge in [-0.2, -0.15) is 0 Å². The number of rotatable bonds is 9. The van der Waals surface area contributed by atoms with E-state index >= 15 is 0 Å². The maximum absolute atomic E-state index is 11.3. The fourth-order valence-corrected chi connectivity index (χ4v) is 2.37. The van der Waals surface area contributed by atoms with E-state index in [1.165, 1.54) is 5.56 Å². The summed E-state index contributed by atoms with van der Waals surface area (Å²) in [6, 6.07) is 19.9. The van der Waals surface area contributed by atoms with Crippen molar-refractivity contribution in [2.24, 2.45) is 5.92 Å². The predicted octanol–water partition coefficient (Wildman–Crippen LogP) is 3.58. The maximum Gasteiger partial charge on any atom is 0.306 e. The molecule has 1 N–H and O–H groups in total. The molecule has 1 unspecified atom stereocenters. The Hall–Kier alpha value is -2.13. The zero-order chi connectivity index (χ0) is 15.6. The normalized spacial score (nSPS) is 12.0. The monoisotopic (exact) mass is 298 g/mol. The number of carboxylic acid groups (broad SMARTS) is 1. The molecule has 116 valence electrons. The van der Waals surface area contributed by atoms with Gasteiger partial charge in [0.25, 0.3) is 0 Å². The highest BCUT2D eigenvalue weighted by molar-refractivity contribution is 5.70. The van der Waals surface area contributed by atoms with E-state index in [4.69, 9.17) is 4.74 Å². The lowest BCUT2D eigenvalue weighted by Crippen LogP contribution is -2.19. The summed E-state index contributed by atoms with van der Waals surface area (Å²) in [4.78, 5) is 11.3. The summed E-state index contributed by atoms with van der Waals surface area (Å²) >= 11 is 0. The molecule has 2 rings (SSSR count). The van der Waals surface area contributed by atoms with Crippen LogP contribution in [0.15, 0.2) is 60.7 Å². The number of benzene rings is 2. The Bertz CT molecular complexity index is 551. The topological polar surface area (TPSA) is 46.5 Å². The first-order chi connectivity index (χ1) is 10.8. The van der Waals surface area contributed by atoms with E-state index in [0.717, 1.165) is 12.0 Å². The second-order valence-electron chi connectivity index (χ2n) is 5.36. The summed E-state index contributed by atoms with van der Waals surface area (Å²) < 4.78 is 5.59. The Balaban J connectivity index is 1.70. The van der Waals surface area contributed by atoms with Crippen LogP contribution in [-0.2, 0) is 22.4 Å². The minimum Gasteiger partial charge on any atom is -0.481 e. The molecule has 1 atom stereocenters. The molecule has 0 heterocycles. The van der Waals surface area contributed by atoms with Crippen LogP contribution in [0, 0.1) is 5.92 Å². The first-order valence-corrected chi connectivity index (χ1v) is 7.64. The predicted molar refractivity (Wildman–Crippen MR) is 86.9 cm³/mol. The van der Waals surface area contributed by atoms with E-state index in [0.29, 0.717) is 26.1 Å². The van der Waals surface area contributed by atoms with Gasteiger partial charge in [0.15, 0.2) is 0 Å². The van der Waals surface area contributed by atoms with Crippen LogP contribution < -0.4 is 0 Å². The highest BCUT2D eigenvalue weighted by Crippen LogP contribution is 2.13. The maximum atomic E-state index is 11.3. The SMILES string of the molecule is O=C(O)C(CCOCCc1ccccc1)Cc1ccccc1. The molecule has 0 aliphatic carbocycles. The fraction of sp³-hybridized carbons (Fsp3) is 0.316. The van der Waals surface area contributed by atoms with E-state index < -0.39 is 5.97 Å². The molecule has 0 aliphatic heterocycles. The second kappa shape index (κ2) is 9.00. The first-order valence-electron chi connectivity index (χ1n) is 7.64. The highest BCUT2D eigenvalue weighted by atomic mass is 16.5. The zero-order valence-corrected chi connectivity index (χ0v) is 12.7. The molecule has 0 radical (unpaired) electrons. The fourth-order valence-electron chi connectivity index (χ4n) is 2.37. The van der Waals surface area contributed by atoms with E-state index in [1.807, 2.05) is 48.5 Å². The van der Waals surface area contributed by atoms with Crippen LogP contribution in [0.1, 0.15) is 17.5 Å². The van der Waals surface area contributed by atoms with Gasteiger partial charge in [-0.25, -0.2) is 0 Å². The van der Waals surface area contributed by atoms with Gasteiger partial charge in [-0.1, -0.05) is 60.7 Å². The number of hydrogen-bond donors (Lipinski definition) is 1. The number of carbonyl (C=O) groups is 1. The van der Waals surface area contributed by atoms with Crippen molar-refractivity contribution >= 4 is 5.97 Å². The van der Waals surface area contributed by atoms with Crippen LogP contribution in [0.5, 0.6) is 0 Å². The molecule has 0 bridgehead atoms. The third kappa shape index (κ3) is 5.70. The number of hydrogen-bond acceptors (Lipinski definition) is 2. The Morgan fingerprint density at radius 1 is 0.909 bits per heavy atom. The summed E-state index contributed by atoms with van der Waals surface area (Å²) in [6.07, 6.45) is 1.95. The highest BCUT2D eigenvalue weighted by Gasteiger charge is 2.17. The minimum absolute atomic E-state index is 0.390. The molecule has 0 saturated heterocycles. The van der Waals surface area contributed by atoms with Crippen LogP contribution in [0.4, 0.5) is 0 Å². The largest absolute Gasteiger partial charge is 0.481 e. The van der Waals surface area contributed by atoms with E-state index in [9.17, 15) is 9.90 Å². The summed E-state index contributed by atoms with van der Waals surface area (Å²) in [7, 11) is 0. The first kappa shape index (κ1) is 16.2. The lowest BCUT2D eigenvalue weighted by molar-refractivity contribution is -0.142. The molecule has 0 saturated carbocycles. The summed E-state index contributed by atoms with van der Waals surface area (Å²) in [6.45, 7) is 1.11. The van der Waals surface area contributed by atoms with Crippen LogP contribution >= 0.6 is 0 Å². The molecule has 0 fully saturated rings. The average Bonchev–Trinajstić information content (AvgIpc) is 2.55. The van der Waals surface area contributed by atoms with E-state index in [2.05, 4.69) is 12.1 Å². The van der Waals surface area contributed by atoms with Gasteiger partial charge in [-0.15, -0.1) is 0 Å². The Morgan fingerprint density at radius 3 is 2.09 bits per heavy atom. The van der Waals surface area contributed by atoms with Gasteiger partial charge in [-0.05, 0) is 30.4 Å². The summed E-state index contributed by atoms with van der Waals surface area (Å²) in [5, 5.41) is 9.31. The lowest BCUT2D eigenvalue weighted by Gasteiger charge is -2.12. The smallest absolute Gasteiger partial charge is 0.306 e. The van der Waals surface area contributed by atoms with Crippen molar-refractivity contribution in [3.8, 4) is 0 Å². The zero-order valence-electron chi connectivity index (χ0n) is 12.7. The molecule has 2 aromatic carbocycles. The number of carboxylic acids is 1. The summed E-state index contributed by atoms with van der Waals surface area (Å²) in [5.74, 6) is -1.14. The average molecular weight is 298 g/mol. The standard InChI is InChI=1S/C19H22O3/c20-19(21)18(15-17-9-5-2-6-10-17)12-14-22-13-11-16-7-3-1-4-8-16/h1-10,18H,11-15H2,(H,20,21). The van der Waals surface area contributed by atoms with Crippen molar-refractivity contribution in [3.05, 3.63) is 71.8 Å². The van der Waals surface area contributed by atoms with Gasteiger partial charge in [0.05, 0.1) is 12.5 Å². The van der Waals surface area contributed by atoms with Gasteiger partial charge < -0.3 is 9.84 Å². The molecule has 0 aliphatic rings. The molecule has 22 heavy (non-hydrogen) atoms. The Labute approximate surface area is 131 Å². The Morgan fingerprint density at radius 2 is 1.50 bits per heavy atom. The van der Waals surface area contributed by atoms with Crippen molar-refractivity contribution in [3.63, 3.8) is 0 Å². The molecule has 3 nitrogen and oxygen atoms in total. The van der Waals surface area contributed by atoms with Crippen LogP contribution in [-0.4, -0.2) is 24.3 Å². The molecule has 0 aromatic heterocycles. The molecular weight excluding hydrogens is 276 g/mol. The lowest BCUT2D eigenvalue weighted by atomic mass is 9.97. The van der Waals surface area contributed by atoms with Gasteiger partial charge in [0.1, 0.15) is 0 Å². The molecule has 3 heteroatoms. The van der Waals surface area contributed by atoms with Gasteiger partial charge in [0.2, 0.25) is 0 Å². The molecule has 0 amide bonds. The van der Waals surface area contributed by atoms with Crippen molar-refractivity contribution in [1.82, 2.24) is 0 Å². The van der Waals surface area contributed by atoms with Crippen LogP contribution in [0.25, 0.3) is 0 Å². The van der Waals surface area contributed by atoms with Crippen molar-refractivity contribution < 1.29 is 14.6 Å². The quantitative estimate of drug-likeness (QED) is 0.720. The third-order valence-electron chi connectivity index (χ3n) is 3.66. The number of aliphatic carboxylic acids is 1. The number of ether oxygens (including phenoxy) is 1.